The van der Waals surface area contributed by atoms with Gasteiger partial charge in [-0.25, -0.2) is 4.39 Å². The van der Waals surface area contributed by atoms with Gasteiger partial charge in [-0.15, -0.1) is 0 Å². The molecule has 1 heterocycles. The lowest BCUT2D eigenvalue weighted by atomic mass is 10.1. The van der Waals surface area contributed by atoms with Crippen molar-refractivity contribution in [3.8, 4) is 17.0 Å². The van der Waals surface area contributed by atoms with E-state index >= 15 is 0 Å². The van der Waals surface area contributed by atoms with Gasteiger partial charge in [0.15, 0.2) is 0 Å². The first-order valence-corrected chi connectivity index (χ1v) is 3.89. The summed E-state index contributed by atoms with van der Waals surface area (Å²) in [5.74, 6) is -0.192. The molecule has 0 radical (unpaired) electrons. The Morgan fingerprint density at radius 3 is 2.62 bits per heavy atom. The number of aromatic amines is 1. The zero-order chi connectivity index (χ0) is 9.26. The molecule has 0 atom stereocenters. The van der Waals surface area contributed by atoms with Gasteiger partial charge in [-0.2, -0.15) is 0 Å². The molecule has 2 N–H and O–H groups in total. The molecule has 0 unspecified atom stereocenters. The zero-order valence-corrected chi connectivity index (χ0v) is 6.79. The second-order valence-corrected chi connectivity index (χ2v) is 2.75. The van der Waals surface area contributed by atoms with Gasteiger partial charge in [0.2, 0.25) is 0 Å². The molecule has 66 valence electrons. The fourth-order valence-electron chi connectivity index (χ4n) is 1.22. The maximum absolute atomic E-state index is 13.2. The molecule has 0 aliphatic rings. The van der Waals surface area contributed by atoms with Gasteiger partial charge in [-0.1, -0.05) is 12.1 Å². The highest BCUT2D eigenvalue weighted by Crippen LogP contribution is 2.24. The molecule has 1 aromatic heterocycles. The molecule has 0 aliphatic heterocycles. The Labute approximate surface area is 74.7 Å². The van der Waals surface area contributed by atoms with Gasteiger partial charge >= 0.3 is 0 Å². The van der Waals surface area contributed by atoms with Crippen LogP contribution in [0.5, 0.6) is 5.75 Å². The van der Waals surface area contributed by atoms with Gasteiger partial charge in [-0.05, 0) is 12.1 Å². The molecule has 0 aliphatic carbocycles. The molecule has 1 aromatic carbocycles. The van der Waals surface area contributed by atoms with Crippen LogP contribution in [0.3, 0.4) is 0 Å². The predicted molar refractivity (Wildman–Crippen MR) is 47.9 cm³/mol. The number of hydrogen-bond donors (Lipinski definition) is 2. The summed E-state index contributed by atoms with van der Waals surface area (Å²) in [6, 6.07) is 7.89. The molecular weight excluding hydrogens is 169 g/mol. The first-order valence-electron chi connectivity index (χ1n) is 3.89. The van der Waals surface area contributed by atoms with Gasteiger partial charge in [-0.3, -0.25) is 0 Å². The summed E-state index contributed by atoms with van der Waals surface area (Å²) < 4.78 is 13.2. The Hall–Kier alpha value is -1.77. The average molecular weight is 177 g/mol. The van der Waals surface area contributed by atoms with E-state index in [0.717, 1.165) is 0 Å². The van der Waals surface area contributed by atoms with E-state index in [1.165, 1.54) is 18.3 Å². The number of aromatic hydroxyl groups is 1. The minimum absolute atomic E-state index is 0.109. The minimum atomic E-state index is -0.302. The Kier molecular flexibility index (Phi) is 1.77. The number of H-pyrrole nitrogens is 1. The Morgan fingerprint density at radius 1 is 1.23 bits per heavy atom. The second kappa shape index (κ2) is 2.94. The predicted octanol–water partition coefficient (Wildman–Crippen LogP) is 2.53. The lowest BCUT2D eigenvalue weighted by molar-refractivity contribution is 0.476. The molecule has 13 heavy (non-hydrogen) atoms. The number of halogens is 1. The Balaban J connectivity index is 2.52. The number of benzene rings is 1. The first-order chi connectivity index (χ1) is 6.27. The van der Waals surface area contributed by atoms with Crippen molar-refractivity contribution in [2.75, 3.05) is 0 Å². The highest BCUT2D eigenvalue weighted by molar-refractivity contribution is 5.61. The van der Waals surface area contributed by atoms with Crippen molar-refractivity contribution in [1.29, 1.82) is 0 Å². The van der Waals surface area contributed by atoms with Crippen LogP contribution in [-0.4, -0.2) is 10.1 Å². The molecule has 3 heteroatoms. The van der Waals surface area contributed by atoms with Crippen LogP contribution in [0.4, 0.5) is 4.39 Å². The highest BCUT2D eigenvalue weighted by Gasteiger charge is 2.05. The monoisotopic (exact) mass is 177 g/mol. The van der Waals surface area contributed by atoms with Crippen molar-refractivity contribution < 1.29 is 9.50 Å². The third kappa shape index (κ3) is 1.40. The summed E-state index contributed by atoms with van der Waals surface area (Å²) in [4.78, 5) is 2.77. The van der Waals surface area contributed by atoms with Gasteiger partial charge < -0.3 is 10.1 Å². The summed E-state index contributed by atoms with van der Waals surface area (Å²) in [5.41, 5.74) is 1.04. The van der Waals surface area contributed by atoms with Gasteiger partial charge in [0, 0.05) is 17.8 Å². The highest BCUT2D eigenvalue weighted by atomic mass is 19.1. The number of rotatable bonds is 1. The molecular formula is C10H8FNO. The molecule has 0 fully saturated rings. The van der Waals surface area contributed by atoms with Crippen molar-refractivity contribution in [2.24, 2.45) is 0 Å². The molecule has 2 nitrogen and oxygen atoms in total. The molecule has 0 amide bonds. The van der Waals surface area contributed by atoms with Crippen LogP contribution in [0, 0.1) is 5.82 Å². The van der Waals surface area contributed by atoms with Crippen LogP contribution < -0.4 is 0 Å². The fourth-order valence-corrected chi connectivity index (χ4v) is 1.22. The number of hydrogen-bond acceptors (Lipinski definition) is 1. The number of nitrogens with one attached hydrogen (secondary N) is 1. The van der Waals surface area contributed by atoms with Gasteiger partial charge in [0.05, 0.1) is 5.69 Å². The summed E-state index contributed by atoms with van der Waals surface area (Å²) >= 11 is 0. The smallest absolute Gasteiger partial charge is 0.133 e. The van der Waals surface area contributed by atoms with E-state index < -0.39 is 0 Å². The quantitative estimate of drug-likeness (QED) is 0.689. The average Bonchev–Trinajstić information content (AvgIpc) is 2.53. The third-order valence-corrected chi connectivity index (χ3v) is 1.83. The van der Waals surface area contributed by atoms with E-state index in [9.17, 15) is 4.39 Å². The van der Waals surface area contributed by atoms with E-state index in [0.29, 0.717) is 11.3 Å². The van der Waals surface area contributed by atoms with Crippen molar-refractivity contribution in [1.82, 2.24) is 4.98 Å². The van der Waals surface area contributed by atoms with E-state index in [1.807, 2.05) is 0 Å². The van der Waals surface area contributed by atoms with E-state index in [1.54, 1.807) is 18.2 Å². The molecule has 0 spiro atoms. The molecule has 0 saturated heterocycles. The third-order valence-electron chi connectivity index (χ3n) is 1.83. The van der Waals surface area contributed by atoms with Crippen LogP contribution in [0.15, 0.2) is 36.5 Å². The summed E-state index contributed by atoms with van der Waals surface area (Å²) in [6.07, 6.45) is 1.42. The number of aromatic nitrogens is 1. The van der Waals surface area contributed by atoms with Crippen molar-refractivity contribution in [3.05, 3.63) is 42.3 Å². The van der Waals surface area contributed by atoms with Gasteiger partial charge in [0.1, 0.15) is 11.6 Å². The van der Waals surface area contributed by atoms with Crippen molar-refractivity contribution in [2.45, 2.75) is 0 Å². The first kappa shape index (κ1) is 7.86. The van der Waals surface area contributed by atoms with E-state index in [-0.39, 0.29) is 11.6 Å². The summed E-state index contributed by atoms with van der Waals surface area (Å²) in [7, 11) is 0. The van der Waals surface area contributed by atoms with Crippen LogP contribution in [0.1, 0.15) is 0 Å². The fraction of sp³-hybridized carbons (Fsp3) is 0. The largest absolute Gasteiger partial charge is 0.506 e. The van der Waals surface area contributed by atoms with Crippen LogP contribution in [0.2, 0.25) is 0 Å². The van der Waals surface area contributed by atoms with Crippen molar-refractivity contribution >= 4 is 0 Å². The van der Waals surface area contributed by atoms with Crippen LogP contribution in [0.25, 0.3) is 11.3 Å². The van der Waals surface area contributed by atoms with Crippen LogP contribution >= 0.6 is 0 Å². The Bertz CT molecular complexity index is 422. The molecule has 0 bridgehead atoms. The van der Waals surface area contributed by atoms with E-state index in [2.05, 4.69) is 4.98 Å². The second-order valence-electron chi connectivity index (χ2n) is 2.75. The maximum Gasteiger partial charge on any atom is 0.133 e. The molecule has 0 saturated carbocycles. The maximum atomic E-state index is 13.2. The van der Waals surface area contributed by atoms with Gasteiger partial charge in [0.25, 0.3) is 0 Å². The lowest BCUT2D eigenvalue weighted by Gasteiger charge is -1.97. The zero-order valence-electron chi connectivity index (χ0n) is 6.79. The SMILES string of the molecule is Oc1c[nH]c(-c2ccccc2F)c1. The molecule has 2 aromatic rings. The van der Waals surface area contributed by atoms with E-state index in [4.69, 9.17) is 5.11 Å². The van der Waals surface area contributed by atoms with Crippen LogP contribution in [-0.2, 0) is 0 Å². The normalized spacial score (nSPS) is 10.2. The minimum Gasteiger partial charge on any atom is -0.506 e. The summed E-state index contributed by atoms with van der Waals surface area (Å²) in [6.45, 7) is 0. The standard InChI is InChI=1S/C10H8FNO/c11-9-4-2-1-3-8(9)10-5-7(13)6-12-10/h1-6,12-13H. The van der Waals surface area contributed by atoms with Crippen molar-refractivity contribution in [3.63, 3.8) is 0 Å². The summed E-state index contributed by atoms with van der Waals surface area (Å²) in [5, 5.41) is 9.05. The Morgan fingerprint density at radius 2 is 2.00 bits per heavy atom. The topological polar surface area (TPSA) is 36.0 Å². The lowest BCUT2D eigenvalue weighted by Crippen LogP contribution is -1.81. The molecule has 2 rings (SSSR count).